The van der Waals surface area contributed by atoms with Crippen molar-refractivity contribution in [2.24, 2.45) is 5.73 Å². The average molecular weight is 463 g/mol. The number of amides is 2. The molecule has 10 nitrogen and oxygen atoms in total. The second-order valence-corrected chi connectivity index (χ2v) is 7.55. The number of hydrogen-bond donors (Lipinski definition) is 3. The van der Waals surface area contributed by atoms with Crippen molar-refractivity contribution in [3.63, 3.8) is 0 Å². The number of allylic oxidation sites excluding steroid dienone is 1. The summed E-state index contributed by atoms with van der Waals surface area (Å²) in [6.07, 6.45) is 1.38. The van der Waals surface area contributed by atoms with Crippen molar-refractivity contribution in [2.75, 3.05) is 32.0 Å². The van der Waals surface area contributed by atoms with Crippen LogP contribution < -0.4 is 30.6 Å². The fourth-order valence-electron chi connectivity index (χ4n) is 4.00. The Bertz CT molecular complexity index is 1300. The molecule has 34 heavy (non-hydrogen) atoms. The number of anilines is 2. The van der Waals surface area contributed by atoms with Crippen molar-refractivity contribution >= 4 is 23.3 Å². The molecule has 1 aliphatic heterocycles. The summed E-state index contributed by atoms with van der Waals surface area (Å²) in [5, 5.41) is 10.4. The van der Waals surface area contributed by atoms with Crippen LogP contribution in [0.3, 0.4) is 0 Å². The van der Waals surface area contributed by atoms with Gasteiger partial charge in [0.25, 0.3) is 11.8 Å². The van der Waals surface area contributed by atoms with Gasteiger partial charge in [-0.15, -0.1) is 0 Å². The minimum absolute atomic E-state index is 0.217. The predicted octanol–water partition coefficient (Wildman–Crippen LogP) is 2.94. The van der Waals surface area contributed by atoms with E-state index in [1.807, 2.05) is 12.1 Å². The monoisotopic (exact) mass is 463 g/mol. The smallest absolute Gasteiger partial charge is 0.255 e. The van der Waals surface area contributed by atoms with Gasteiger partial charge in [0.05, 0.1) is 38.8 Å². The molecule has 0 radical (unpaired) electrons. The number of rotatable bonds is 7. The third-order valence-electron chi connectivity index (χ3n) is 5.61. The lowest BCUT2D eigenvalue weighted by Gasteiger charge is -2.30. The van der Waals surface area contributed by atoms with Crippen LogP contribution in [0, 0.1) is 0 Å². The standard InChI is InChI=1S/C24H25N5O5/c1-13-20(24(31)28-16-7-5-6-8-17(16)32-2)21(14-9-10-18(33-3)19(11-14)34-4)29-23(27-13)15(12-26-29)22(25)30/h5-12,21,27H,1-4H3,(H2,25,30)(H,28,31). The summed E-state index contributed by atoms with van der Waals surface area (Å²) in [4.78, 5) is 25.6. The van der Waals surface area contributed by atoms with Crippen LogP contribution in [-0.4, -0.2) is 42.9 Å². The van der Waals surface area contributed by atoms with Crippen LogP contribution in [-0.2, 0) is 4.79 Å². The molecule has 1 atom stereocenters. The van der Waals surface area contributed by atoms with E-state index >= 15 is 0 Å². The van der Waals surface area contributed by atoms with E-state index in [0.717, 1.165) is 0 Å². The highest BCUT2D eigenvalue weighted by atomic mass is 16.5. The van der Waals surface area contributed by atoms with Crippen LogP contribution in [0.1, 0.15) is 28.9 Å². The normalized spacial score (nSPS) is 14.6. The van der Waals surface area contributed by atoms with E-state index in [0.29, 0.717) is 45.6 Å². The first-order chi connectivity index (χ1) is 16.4. The number of nitrogens with one attached hydrogen (secondary N) is 2. The number of carbonyl (C=O) groups is 2. The van der Waals surface area contributed by atoms with Gasteiger partial charge in [-0.1, -0.05) is 18.2 Å². The van der Waals surface area contributed by atoms with Gasteiger partial charge in [0.1, 0.15) is 23.2 Å². The number of hydrogen-bond acceptors (Lipinski definition) is 7. The number of carbonyl (C=O) groups excluding carboxylic acids is 2. The molecule has 1 aliphatic rings. The average Bonchev–Trinajstić information content (AvgIpc) is 3.26. The molecule has 0 aliphatic carbocycles. The van der Waals surface area contributed by atoms with E-state index in [4.69, 9.17) is 19.9 Å². The zero-order valence-electron chi connectivity index (χ0n) is 19.2. The lowest BCUT2D eigenvalue weighted by molar-refractivity contribution is -0.113. The van der Waals surface area contributed by atoms with Crippen LogP contribution in [0.2, 0.25) is 0 Å². The van der Waals surface area contributed by atoms with Crippen molar-refractivity contribution in [2.45, 2.75) is 13.0 Å². The second-order valence-electron chi connectivity index (χ2n) is 7.55. The van der Waals surface area contributed by atoms with Crippen LogP contribution in [0.4, 0.5) is 11.5 Å². The number of nitrogens with two attached hydrogens (primary N) is 1. The first kappa shape index (κ1) is 22.7. The molecule has 2 heterocycles. The van der Waals surface area contributed by atoms with Gasteiger partial charge < -0.3 is 30.6 Å². The lowest BCUT2D eigenvalue weighted by atomic mass is 9.94. The molecular weight excluding hydrogens is 438 g/mol. The second kappa shape index (κ2) is 9.18. The Kier molecular flexibility index (Phi) is 6.13. The molecule has 0 spiro atoms. The summed E-state index contributed by atoms with van der Waals surface area (Å²) in [5.74, 6) is 0.962. The zero-order valence-corrected chi connectivity index (χ0v) is 19.2. The molecule has 10 heteroatoms. The molecule has 3 aromatic rings. The van der Waals surface area contributed by atoms with Crippen molar-refractivity contribution < 1.29 is 23.8 Å². The third-order valence-corrected chi connectivity index (χ3v) is 5.61. The number of nitrogens with zero attached hydrogens (tertiary/aromatic N) is 2. The fraction of sp³-hybridized carbons (Fsp3) is 0.208. The van der Waals surface area contributed by atoms with Crippen molar-refractivity contribution in [1.29, 1.82) is 0 Å². The van der Waals surface area contributed by atoms with Crippen LogP contribution in [0.25, 0.3) is 0 Å². The molecule has 0 bridgehead atoms. The number of aromatic nitrogens is 2. The molecule has 2 amide bonds. The Balaban J connectivity index is 1.85. The molecule has 0 fully saturated rings. The van der Waals surface area contributed by atoms with Crippen LogP contribution in [0.5, 0.6) is 17.2 Å². The minimum atomic E-state index is -0.682. The Morgan fingerprint density at radius 2 is 1.74 bits per heavy atom. The van der Waals surface area contributed by atoms with E-state index in [9.17, 15) is 9.59 Å². The first-order valence-corrected chi connectivity index (χ1v) is 10.4. The molecule has 4 N–H and O–H groups in total. The van der Waals surface area contributed by atoms with E-state index in [2.05, 4.69) is 15.7 Å². The highest BCUT2D eigenvalue weighted by Crippen LogP contribution is 2.40. The molecule has 4 rings (SSSR count). The van der Waals surface area contributed by atoms with Crippen molar-refractivity contribution in [1.82, 2.24) is 9.78 Å². The van der Waals surface area contributed by atoms with Gasteiger partial charge in [-0.05, 0) is 36.8 Å². The third kappa shape index (κ3) is 3.90. The van der Waals surface area contributed by atoms with Crippen molar-refractivity contribution in [3.8, 4) is 17.2 Å². The Hall–Kier alpha value is -4.47. The van der Waals surface area contributed by atoms with E-state index in [1.54, 1.807) is 49.0 Å². The number of ether oxygens (including phenoxy) is 3. The van der Waals surface area contributed by atoms with Crippen molar-refractivity contribution in [3.05, 3.63) is 71.1 Å². The maximum atomic E-state index is 13.6. The number of fused-ring (bicyclic) bond motifs is 1. The van der Waals surface area contributed by atoms with Gasteiger partial charge in [0, 0.05) is 5.70 Å². The summed E-state index contributed by atoms with van der Waals surface area (Å²) < 4.78 is 17.8. The van der Waals surface area contributed by atoms with Gasteiger partial charge in [-0.25, -0.2) is 4.68 Å². The summed E-state index contributed by atoms with van der Waals surface area (Å²) in [5.41, 5.74) is 7.92. The quantitative estimate of drug-likeness (QED) is 0.491. The highest BCUT2D eigenvalue weighted by Gasteiger charge is 2.35. The van der Waals surface area contributed by atoms with Crippen LogP contribution >= 0.6 is 0 Å². The Morgan fingerprint density at radius 1 is 1.03 bits per heavy atom. The Labute approximate surface area is 196 Å². The largest absolute Gasteiger partial charge is 0.495 e. The number of methoxy groups -OCH3 is 3. The SMILES string of the molecule is COc1ccccc1NC(=O)C1=C(C)Nc2c(C(N)=O)cnn2C1c1ccc(OC)c(OC)c1. The molecular formula is C24H25N5O5. The number of primary amides is 1. The van der Waals surface area contributed by atoms with Crippen LogP contribution in [0.15, 0.2) is 59.9 Å². The van der Waals surface area contributed by atoms with Gasteiger partial charge in [-0.2, -0.15) is 5.10 Å². The van der Waals surface area contributed by atoms with E-state index in [1.165, 1.54) is 20.4 Å². The summed E-state index contributed by atoms with van der Waals surface area (Å²) in [6, 6.07) is 11.8. The molecule has 1 unspecified atom stereocenters. The van der Waals surface area contributed by atoms with Gasteiger partial charge in [0.15, 0.2) is 11.5 Å². The van der Waals surface area contributed by atoms with E-state index < -0.39 is 11.9 Å². The highest BCUT2D eigenvalue weighted by molar-refractivity contribution is 6.07. The maximum Gasteiger partial charge on any atom is 0.255 e. The molecule has 0 saturated heterocycles. The number of para-hydroxylation sites is 2. The summed E-state index contributed by atoms with van der Waals surface area (Å²) in [6.45, 7) is 1.76. The first-order valence-electron chi connectivity index (χ1n) is 10.4. The summed E-state index contributed by atoms with van der Waals surface area (Å²) in [7, 11) is 4.61. The number of benzene rings is 2. The summed E-state index contributed by atoms with van der Waals surface area (Å²) >= 11 is 0. The molecule has 0 saturated carbocycles. The fourth-order valence-corrected chi connectivity index (χ4v) is 4.00. The topological polar surface area (TPSA) is 130 Å². The minimum Gasteiger partial charge on any atom is -0.495 e. The molecule has 1 aromatic heterocycles. The maximum absolute atomic E-state index is 13.6. The van der Waals surface area contributed by atoms with Gasteiger partial charge >= 0.3 is 0 Å². The van der Waals surface area contributed by atoms with Gasteiger partial charge in [0.2, 0.25) is 0 Å². The Morgan fingerprint density at radius 3 is 2.41 bits per heavy atom. The lowest BCUT2D eigenvalue weighted by Crippen LogP contribution is -2.32. The van der Waals surface area contributed by atoms with E-state index in [-0.39, 0.29) is 11.5 Å². The predicted molar refractivity (Wildman–Crippen MR) is 126 cm³/mol. The van der Waals surface area contributed by atoms with Gasteiger partial charge in [-0.3, -0.25) is 9.59 Å². The zero-order chi connectivity index (χ0) is 24.4. The molecule has 176 valence electrons. The molecule has 2 aromatic carbocycles.